The molecule has 4 rings (SSSR count). The summed E-state index contributed by atoms with van der Waals surface area (Å²) in [5.41, 5.74) is 3.97. The molecule has 0 spiro atoms. The minimum absolute atomic E-state index is 0.0560. The van der Waals surface area contributed by atoms with Gasteiger partial charge >= 0.3 is 5.69 Å². The molecule has 0 amide bonds. The third-order valence-electron chi connectivity index (χ3n) is 4.61. The lowest BCUT2D eigenvalue weighted by Crippen LogP contribution is -2.24. The largest absolute Gasteiger partial charge is 0.392 e. The Kier molecular flexibility index (Phi) is 3.85. The van der Waals surface area contributed by atoms with E-state index in [2.05, 4.69) is 9.98 Å². The molecule has 3 aromatic rings. The minimum atomic E-state index is -0.126. The highest BCUT2D eigenvalue weighted by molar-refractivity contribution is 5.94. The predicted molar refractivity (Wildman–Crippen MR) is 97.1 cm³/mol. The maximum absolute atomic E-state index is 12.8. The number of imidazole rings is 1. The normalized spacial score (nSPS) is 13.9. The summed E-state index contributed by atoms with van der Waals surface area (Å²) >= 11 is 0. The number of aliphatic hydroxyl groups excluding tert-OH is 1. The Morgan fingerprint density at radius 1 is 1.20 bits per heavy atom. The predicted octanol–water partition coefficient (Wildman–Crippen LogP) is 1.12. The molecule has 1 aliphatic heterocycles. The number of hydrogen-bond donors (Lipinski definition) is 1. The molecular formula is C18H19N5O2. The number of nitrogens with zero attached hydrogens (tertiary/aromatic N) is 5. The van der Waals surface area contributed by atoms with Crippen LogP contribution in [0.2, 0.25) is 0 Å². The number of hydrogen-bond acceptors (Lipinski definition) is 5. The molecule has 25 heavy (non-hydrogen) atoms. The first-order chi connectivity index (χ1) is 12.2. The van der Waals surface area contributed by atoms with Crippen molar-refractivity contribution < 1.29 is 5.11 Å². The molecule has 0 atom stereocenters. The molecular weight excluding hydrogens is 318 g/mol. The highest BCUT2D eigenvalue weighted by atomic mass is 16.3. The first-order valence-electron chi connectivity index (χ1n) is 8.19. The fourth-order valence-electron chi connectivity index (χ4n) is 3.28. The average Bonchev–Trinajstić information content (AvgIpc) is 3.26. The van der Waals surface area contributed by atoms with Gasteiger partial charge < -0.3 is 10.0 Å². The number of benzene rings is 1. The van der Waals surface area contributed by atoms with E-state index in [1.54, 1.807) is 28.7 Å². The summed E-state index contributed by atoms with van der Waals surface area (Å²) < 4.78 is 3.28. The minimum Gasteiger partial charge on any atom is -0.392 e. The molecule has 0 radical (unpaired) electrons. The topological polar surface area (TPSA) is 75.7 Å². The SMILES string of the molecule is Cn1c(=O)n(Cc2ccccc2CO)c2c(N3C=NCC3)ccnc21. The zero-order valence-corrected chi connectivity index (χ0v) is 14.0. The molecule has 0 saturated carbocycles. The first kappa shape index (κ1) is 15.6. The van der Waals surface area contributed by atoms with E-state index in [4.69, 9.17) is 0 Å². The summed E-state index contributed by atoms with van der Waals surface area (Å²) in [6, 6.07) is 9.51. The lowest BCUT2D eigenvalue weighted by molar-refractivity contribution is 0.280. The number of anilines is 1. The first-order valence-corrected chi connectivity index (χ1v) is 8.19. The van der Waals surface area contributed by atoms with Crippen LogP contribution in [0.15, 0.2) is 46.3 Å². The van der Waals surface area contributed by atoms with Crippen LogP contribution in [0.5, 0.6) is 0 Å². The van der Waals surface area contributed by atoms with Crippen molar-refractivity contribution in [2.75, 3.05) is 18.0 Å². The van der Waals surface area contributed by atoms with Crippen LogP contribution in [0.3, 0.4) is 0 Å². The average molecular weight is 337 g/mol. The molecule has 0 fully saturated rings. The van der Waals surface area contributed by atoms with Gasteiger partial charge in [0.2, 0.25) is 0 Å². The Hall–Kier alpha value is -2.93. The molecule has 7 heteroatoms. The Labute approximate surface area is 144 Å². The van der Waals surface area contributed by atoms with E-state index in [0.717, 1.165) is 35.4 Å². The van der Waals surface area contributed by atoms with Gasteiger partial charge in [0.15, 0.2) is 5.65 Å². The van der Waals surface area contributed by atoms with Gasteiger partial charge in [-0.05, 0) is 17.2 Å². The Morgan fingerprint density at radius 3 is 2.72 bits per heavy atom. The van der Waals surface area contributed by atoms with Gasteiger partial charge in [0.25, 0.3) is 0 Å². The highest BCUT2D eigenvalue weighted by Gasteiger charge is 2.20. The number of fused-ring (bicyclic) bond motifs is 1. The van der Waals surface area contributed by atoms with E-state index in [-0.39, 0.29) is 12.3 Å². The zero-order chi connectivity index (χ0) is 17.4. The fourth-order valence-corrected chi connectivity index (χ4v) is 3.28. The summed E-state index contributed by atoms with van der Waals surface area (Å²) in [7, 11) is 1.73. The third kappa shape index (κ3) is 2.53. The van der Waals surface area contributed by atoms with Gasteiger partial charge in [0.05, 0.1) is 31.7 Å². The fraction of sp³-hybridized carbons (Fsp3) is 0.278. The van der Waals surface area contributed by atoms with Crippen LogP contribution in [-0.4, -0.2) is 38.7 Å². The second kappa shape index (κ2) is 6.18. The summed E-state index contributed by atoms with van der Waals surface area (Å²) in [5.74, 6) is 0. The van der Waals surface area contributed by atoms with Crippen LogP contribution in [0.1, 0.15) is 11.1 Å². The Balaban J connectivity index is 1.92. The second-order valence-corrected chi connectivity index (χ2v) is 6.07. The van der Waals surface area contributed by atoms with Gasteiger partial charge in [0, 0.05) is 19.8 Å². The van der Waals surface area contributed by atoms with Crippen LogP contribution >= 0.6 is 0 Å². The zero-order valence-electron chi connectivity index (χ0n) is 14.0. The molecule has 0 unspecified atom stereocenters. The molecule has 2 aromatic heterocycles. The van der Waals surface area contributed by atoms with E-state index < -0.39 is 0 Å². The van der Waals surface area contributed by atoms with Gasteiger partial charge in [-0.25, -0.2) is 9.78 Å². The number of pyridine rings is 1. The van der Waals surface area contributed by atoms with Crippen molar-refractivity contribution in [3.63, 3.8) is 0 Å². The van der Waals surface area contributed by atoms with Gasteiger partial charge in [0.1, 0.15) is 5.52 Å². The molecule has 3 heterocycles. The molecule has 1 aliphatic rings. The van der Waals surface area contributed by atoms with Crippen molar-refractivity contribution in [2.24, 2.45) is 12.0 Å². The summed E-state index contributed by atoms with van der Waals surface area (Å²) in [6.45, 7) is 1.86. The van der Waals surface area contributed by atoms with Crippen LogP contribution in [0, 0.1) is 0 Å². The van der Waals surface area contributed by atoms with Crippen molar-refractivity contribution >= 4 is 23.2 Å². The van der Waals surface area contributed by atoms with Crippen molar-refractivity contribution in [1.82, 2.24) is 14.1 Å². The van der Waals surface area contributed by atoms with Gasteiger partial charge in [-0.1, -0.05) is 24.3 Å². The van der Waals surface area contributed by atoms with Gasteiger partial charge in [-0.15, -0.1) is 0 Å². The highest BCUT2D eigenvalue weighted by Crippen LogP contribution is 2.26. The van der Waals surface area contributed by atoms with Crippen molar-refractivity contribution in [3.05, 3.63) is 58.1 Å². The van der Waals surface area contributed by atoms with E-state index in [9.17, 15) is 9.90 Å². The molecule has 0 saturated heterocycles. The number of aryl methyl sites for hydroxylation is 1. The van der Waals surface area contributed by atoms with Crippen LogP contribution in [0.25, 0.3) is 11.2 Å². The van der Waals surface area contributed by atoms with E-state index in [1.165, 1.54) is 0 Å². The quantitative estimate of drug-likeness (QED) is 0.774. The lowest BCUT2D eigenvalue weighted by atomic mass is 10.1. The van der Waals surface area contributed by atoms with Crippen molar-refractivity contribution in [1.29, 1.82) is 0 Å². The Bertz CT molecular complexity index is 1020. The number of rotatable bonds is 4. The van der Waals surface area contributed by atoms with E-state index in [0.29, 0.717) is 12.2 Å². The maximum Gasteiger partial charge on any atom is 0.330 e. The van der Waals surface area contributed by atoms with Gasteiger partial charge in [-0.3, -0.25) is 14.1 Å². The van der Waals surface area contributed by atoms with Crippen LogP contribution in [0.4, 0.5) is 5.69 Å². The van der Waals surface area contributed by atoms with Crippen LogP contribution in [-0.2, 0) is 20.2 Å². The standard InChI is InChI=1S/C18H19N5O2/c1-21-17-16(15(6-7-20-17)22-9-8-19-12-22)23(18(21)25)10-13-4-2-3-5-14(13)11-24/h2-7,12,24H,8-11H2,1H3. The molecule has 128 valence electrons. The molecule has 0 aliphatic carbocycles. The summed E-state index contributed by atoms with van der Waals surface area (Å²) in [5, 5.41) is 9.58. The molecule has 0 bridgehead atoms. The number of aliphatic imine (C=N–C) groups is 1. The summed E-state index contributed by atoms with van der Waals surface area (Å²) in [6.07, 6.45) is 3.52. The maximum atomic E-state index is 12.8. The van der Waals surface area contributed by atoms with Crippen molar-refractivity contribution in [3.8, 4) is 0 Å². The third-order valence-corrected chi connectivity index (χ3v) is 4.61. The van der Waals surface area contributed by atoms with E-state index >= 15 is 0 Å². The number of aromatic nitrogens is 3. The number of aliphatic hydroxyl groups is 1. The van der Waals surface area contributed by atoms with Gasteiger partial charge in [-0.2, -0.15) is 0 Å². The monoisotopic (exact) mass is 337 g/mol. The molecule has 1 aromatic carbocycles. The molecule has 1 N–H and O–H groups in total. The second-order valence-electron chi connectivity index (χ2n) is 6.07. The lowest BCUT2D eigenvalue weighted by Gasteiger charge is -2.16. The summed E-state index contributed by atoms with van der Waals surface area (Å²) in [4.78, 5) is 23.5. The Morgan fingerprint density at radius 2 is 2.00 bits per heavy atom. The smallest absolute Gasteiger partial charge is 0.330 e. The molecule has 7 nitrogen and oxygen atoms in total. The van der Waals surface area contributed by atoms with Crippen molar-refractivity contribution in [2.45, 2.75) is 13.2 Å². The van der Waals surface area contributed by atoms with E-state index in [1.807, 2.05) is 35.2 Å². The van der Waals surface area contributed by atoms with Crippen LogP contribution < -0.4 is 10.6 Å².